The van der Waals surface area contributed by atoms with E-state index in [9.17, 15) is 4.79 Å². The second-order valence-corrected chi connectivity index (χ2v) is 8.42. The number of nitrogens with zero attached hydrogens (tertiary/aromatic N) is 1. The van der Waals surface area contributed by atoms with E-state index in [4.69, 9.17) is 23.7 Å². The van der Waals surface area contributed by atoms with Crippen LogP contribution in [0, 0.1) is 0 Å². The maximum Gasteiger partial charge on any atom is 0.334 e. The molecule has 0 aliphatic carbocycles. The smallest absolute Gasteiger partial charge is 0.334 e. The largest absolute Gasteiger partial charge is 0.454 e. The van der Waals surface area contributed by atoms with Gasteiger partial charge in [-0.2, -0.15) is 0 Å². The topological polar surface area (TPSA) is 66.5 Å². The van der Waals surface area contributed by atoms with E-state index in [-0.39, 0.29) is 25.6 Å². The van der Waals surface area contributed by atoms with E-state index in [0.717, 1.165) is 44.6 Å². The van der Waals surface area contributed by atoms with Crippen LogP contribution in [0.5, 0.6) is 23.0 Å². The third-order valence-electron chi connectivity index (χ3n) is 6.71. The molecule has 7 heteroatoms. The lowest BCUT2D eigenvalue weighted by molar-refractivity contribution is -0.140. The zero-order valence-electron chi connectivity index (χ0n) is 17.5. The maximum atomic E-state index is 12.3. The van der Waals surface area contributed by atoms with Gasteiger partial charge in [0.15, 0.2) is 23.0 Å². The Hall–Kier alpha value is -3.87. The van der Waals surface area contributed by atoms with Gasteiger partial charge in [0.2, 0.25) is 13.6 Å². The summed E-state index contributed by atoms with van der Waals surface area (Å²) in [6.07, 6.45) is 1.45. The highest BCUT2D eigenvalue weighted by atomic mass is 16.7. The number of benzene rings is 3. The second-order valence-electron chi connectivity index (χ2n) is 8.42. The van der Waals surface area contributed by atoms with Crippen LogP contribution in [0.2, 0.25) is 0 Å². The third kappa shape index (κ3) is 2.22. The number of carbonyl (C=O) groups is 1. The van der Waals surface area contributed by atoms with Gasteiger partial charge in [-0.25, -0.2) is 4.79 Å². The van der Waals surface area contributed by atoms with Crippen molar-refractivity contribution in [1.82, 2.24) is 0 Å². The van der Waals surface area contributed by atoms with Crippen LogP contribution in [0.25, 0.3) is 21.9 Å². The molecule has 0 saturated carbocycles. The average Bonchev–Trinajstić information content (AvgIpc) is 3.52. The van der Waals surface area contributed by atoms with Gasteiger partial charge < -0.3 is 28.6 Å². The number of anilines is 1. The number of esters is 1. The highest BCUT2D eigenvalue weighted by Crippen LogP contribution is 2.55. The highest BCUT2D eigenvalue weighted by molar-refractivity contribution is 6.06. The molecule has 0 unspecified atom stereocenters. The molecule has 3 aromatic rings. The van der Waals surface area contributed by atoms with Crippen LogP contribution in [0.4, 0.5) is 5.69 Å². The Bertz CT molecular complexity index is 1380. The van der Waals surface area contributed by atoms with Crippen molar-refractivity contribution in [3.8, 4) is 34.1 Å². The summed E-state index contributed by atoms with van der Waals surface area (Å²) in [5, 5.41) is 2.10. The van der Waals surface area contributed by atoms with Gasteiger partial charge in [-0.05, 0) is 48.2 Å². The monoisotopic (exact) mass is 429 g/mol. The van der Waals surface area contributed by atoms with Gasteiger partial charge in [-0.15, -0.1) is 0 Å². The molecule has 0 bridgehead atoms. The molecule has 0 aromatic heterocycles. The van der Waals surface area contributed by atoms with Gasteiger partial charge in [-0.3, -0.25) is 0 Å². The zero-order valence-corrected chi connectivity index (χ0v) is 17.5. The molecule has 160 valence electrons. The number of fused-ring (bicyclic) bond motifs is 8. The van der Waals surface area contributed by atoms with Gasteiger partial charge in [0.05, 0.1) is 11.7 Å². The summed E-state index contributed by atoms with van der Waals surface area (Å²) < 4.78 is 28.6. The Morgan fingerprint density at radius 1 is 0.906 bits per heavy atom. The Kier molecular flexibility index (Phi) is 3.39. The lowest BCUT2D eigenvalue weighted by atomic mass is 9.83. The molecule has 0 saturated heterocycles. The molecule has 0 radical (unpaired) electrons. The van der Waals surface area contributed by atoms with Crippen molar-refractivity contribution < 1.29 is 28.5 Å². The Labute approximate surface area is 183 Å². The van der Waals surface area contributed by atoms with Crippen LogP contribution in [-0.2, 0) is 9.53 Å². The van der Waals surface area contributed by atoms with Crippen LogP contribution in [-0.4, -0.2) is 32.7 Å². The summed E-state index contributed by atoms with van der Waals surface area (Å²) in [4.78, 5) is 14.4. The molecule has 0 fully saturated rings. The van der Waals surface area contributed by atoms with Crippen molar-refractivity contribution >= 4 is 22.4 Å². The van der Waals surface area contributed by atoms with E-state index in [2.05, 4.69) is 23.1 Å². The van der Waals surface area contributed by atoms with Gasteiger partial charge in [0.25, 0.3) is 0 Å². The number of carbonyl (C=O) groups excluding carboxylic acids is 1. The minimum Gasteiger partial charge on any atom is -0.454 e. The number of rotatable bonds is 1. The second kappa shape index (κ2) is 6.09. The van der Waals surface area contributed by atoms with E-state index in [1.807, 2.05) is 31.3 Å². The van der Waals surface area contributed by atoms with Crippen molar-refractivity contribution in [2.75, 3.05) is 25.5 Å². The Morgan fingerprint density at radius 2 is 1.66 bits per heavy atom. The molecular weight excluding hydrogens is 410 g/mol. The highest BCUT2D eigenvalue weighted by Gasteiger charge is 2.42. The molecule has 7 rings (SSSR count). The van der Waals surface area contributed by atoms with E-state index in [1.54, 1.807) is 6.92 Å². The lowest BCUT2D eigenvalue weighted by Gasteiger charge is -2.40. The van der Waals surface area contributed by atoms with E-state index in [0.29, 0.717) is 17.1 Å². The van der Waals surface area contributed by atoms with E-state index >= 15 is 0 Å². The minimum atomic E-state index is -0.445. The van der Waals surface area contributed by atoms with Crippen LogP contribution in [0.3, 0.4) is 0 Å². The first kappa shape index (κ1) is 17.8. The van der Waals surface area contributed by atoms with Gasteiger partial charge >= 0.3 is 5.97 Å². The minimum absolute atomic E-state index is 0.176. The van der Waals surface area contributed by atoms with Crippen molar-refractivity contribution in [3.05, 3.63) is 53.6 Å². The Morgan fingerprint density at radius 3 is 2.47 bits per heavy atom. The number of likely N-dealkylation sites (N-methyl/N-ethyl adjacent to an activating group) is 1. The average molecular weight is 429 g/mol. The number of hydrogen-bond acceptors (Lipinski definition) is 7. The molecule has 7 nitrogen and oxygen atoms in total. The molecule has 4 heterocycles. The van der Waals surface area contributed by atoms with Crippen LogP contribution in [0.15, 0.2) is 48.0 Å². The molecule has 2 atom stereocenters. The SMILES string of the molecule is CC1=C[C@H]([C@@H]2c3c(ccc4c3OCO4)-c3ccc4cc5c(cc4c3N2C)OCO5)OC1=O. The van der Waals surface area contributed by atoms with Gasteiger partial charge in [-0.1, -0.05) is 12.1 Å². The summed E-state index contributed by atoms with van der Waals surface area (Å²) in [6.45, 7) is 2.18. The normalized spacial score (nSPS) is 22.0. The predicted molar refractivity (Wildman–Crippen MR) is 116 cm³/mol. The molecular formula is C25H19NO6. The summed E-state index contributed by atoms with van der Waals surface area (Å²) in [7, 11) is 2.03. The maximum absolute atomic E-state index is 12.3. The van der Waals surface area contributed by atoms with Crippen LogP contribution < -0.4 is 23.8 Å². The van der Waals surface area contributed by atoms with E-state index in [1.165, 1.54) is 0 Å². The van der Waals surface area contributed by atoms with Crippen molar-refractivity contribution in [3.63, 3.8) is 0 Å². The molecule has 4 aliphatic heterocycles. The summed E-state index contributed by atoms with van der Waals surface area (Å²) >= 11 is 0. The molecule has 0 spiro atoms. The van der Waals surface area contributed by atoms with Crippen LogP contribution in [0.1, 0.15) is 18.5 Å². The zero-order chi connectivity index (χ0) is 21.6. The summed E-state index contributed by atoms with van der Waals surface area (Å²) in [5.41, 5.74) is 4.75. The molecule has 32 heavy (non-hydrogen) atoms. The summed E-state index contributed by atoms with van der Waals surface area (Å²) in [6, 6.07) is 12.0. The quantitative estimate of drug-likeness (QED) is 0.534. The first-order valence-electron chi connectivity index (χ1n) is 10.5. The molecule has 0 N–H and O–H groups in total. The van der Waals surface area contributed by atoms with Crippen molar-refractivity contribution in [2.45, 2.75) is 19.1 Å². The van der Waals surface area contributed by atoms with Crippen LogP contribution >= 0.6 is 0 Å². The predicted octanol–water partition coefficient (Wildman–Crippen LogP) is 4.33. The third-order valence-corrected chi connectivity index (χ3v) is 6.71. The molecule has 0 amide bonds. The van der Waals surface area contributed by atoms with Gasteiger partial charge in [0, 0.05) is 29.1 Å². The fourth-order valence-corrected chi connectivity index (χ4v) is 5.26. The molecule has 3 aromatic carbocycles. The number of ether oxygens (including phenoxy) is 5. The van der Waals surface area contributed by atoms with Gasteiger partial charge in [0.1, 0.15) is 6.10 Å². The first-order chi connectivity index (χ1) is 15.6. The Balaban J connectivity index is 1.53. The van der Waals surface area contributed by atoms with E-state index < -0.39 is 6.10 Å². The first-order valence-corrected chi connectivity index (χ1v) is 10.5. The number of cyclic esters (lactones) is 1. The standard InChI is InChI=1S/C25H19NO6/c1-12-7-20(32-25(12)27)23-21-14(5-6-17-24(21)31-11-28-17)15-4-3-13-8-18-19(30-10-29-18)9-16(13)22(15)26(23)2/h3-9,20,23H,10-11H2,1-2H3/t20-,23-/m1/s1. The van der Waals surface area contributed by atoms with Crippen molar-refractivity contribution in [1.29, 1.82) is 0 Å². The van der Waals surface area contributed by atoms with Crippen molar-refractivity contribution in [2.24, 2.45) is 0 Å². The number of hydrogen-bond donors (Lipinski definition) is 0. The molecule has 4 aliphatic rings. The lowest BCUT2D eigenvalue weighted by Crippen LogP contribution is -2.37. The summed E-state index contributed by atoms with van der Waals surface area (Å²) in [5.74, 6) is 2.61. The fourth-order valence-electron chi connectivity index (χ4n) is 5.26. The fraction of sp³-hybridized carbons (Fsp3) is 0.240.